The van der Waals surface area contributed by atoms with Gasteiger partial charge in [-0.2, -0.15) is 5.21 Å². The molecule has 0 aliphatic carbocycles. The number of ketones is 1. The first-order valence-corrected chi connectivity index (χ1v) is 15.2. The number of amides is 1. The lowest BCUT2D eigenvalue weighted by Crippen LogP contribution is -2.43. The molecule has 0 saturated heterocycles. The third-order valence-corrected chi connectivity index (χ3v) is 9.51. The summed E-state index contributed by atoms with van der Waals surface area (Å²) in [6, 6.07) is 13.2. The van der Waals surface area contributed by atoms with E-state index in [0.29, 0.717) is 23.6 Å². The number of tetrazole rings is 1. The lowest BCUT2D eigenvalue weighted by atomic mass is 9.72. The second kappa shape index (κ2) is 10.3. The van der Waals surface area contributed by atoms with Crippen LogP contribution in [0.25, 0.3) is 11.5 Å². The molecular weight excluding hydrogens is 562 g/mol. The Balaban J connectivity index is 1.47. The molecule has 7 rings (SSSR count). The molecule has 4 N–H and O–H groups in total. The number of aliphatic hydroxyl groups is 1. The van der Waals surface area contributed by atoms with Gasteiger partial charge in [0.2, 0.25) is 17.6 Å². The van der Waals surface area contributed by atoms with Gasteiger partial charge < -0.3 is 24.9 Å². The standard InChI is InChI=1S/C32H35N7O5/c1-5-31(42,6-2)23(40)15-18-13-17-11-12-22-20(14-17)32(19-9-7-8-10-21(19)33-30(32)43-22)26-25(27-36-38-39-37-27)35-29(44-26)24(16(3)4)34-28(18)41/h7-12,14,16,18,24,30,33,42H,5-6,13,15H2,1-4H3,(H,34,41)(H,36,37,38,39)/t18?,24-,30-,32?/m0/s1. The molecule has 2 unspecified atom stereocenters. The van der Waals surface area contributed by atoms with Crippen LogP contribution in [0.5, 0.6) is 5.75 Å². The highest BCUT2D eigenvalue weighted by Crippen LogP contribution is 2.59. The highest BCUT2D eigenvalue weighted by Gasteiger charge is 2.61. The maximum atomic E-state index is 14.0. The number of nitrogens with one attached hydrogen (secondary N) is 3. The lowest BCUT2D eigenvalue weighted by molar-refractivity contribution is -0.141. The Morgan fingerprint density at radius 2 is 1.93 bits per heavy atom. The minimum absolute atomic E-state index is 0.106. The number of benzene rings is 2. The van der Waals surface area contributed by atoms with Crippen LogP contribution in [0.4, 0.5) is 5.69 Å². The molecule has 44 heavy (non-hydrogen) atoms. The van der Waals surface area contributed by atoms with E-state index < -0.39 is 29.2 Å². The number of carbonyl (C=O) groups excluding carboxylic acids is 2. The van der Waals surface area contributed by atoms with Crippen molar-refractivity contribution in [1.29, 1.82) is 0 Å². The van der Waals surface area contributed by atoms with Crippen LogP contribution in [0.1, 0.15) is 81.3 Å². The minimum Gasteiger partial charge on any atom is -0.469 e. The Labute approximate surface area is 254 Å². The topological polar surface area (TPSA) is 168 Å². The van der Waals surface area contributed by atoms with Crippen molar-refractivity contribution in [3.63, 3.8) is 0 Å². The number of Topliss-reactive ketones (excluding diaryl/α,β-unsaturated/α-hetero) is 1. The second-order valence-corrected chi connectivity index (χ2v) is 12.3. The van der Waals surface area contributed by atoms with Crippen molar-refractivity contribution in [3.05, 3.63) is 70.8 Å². The largest absolute Gasteiger partial charge is 0.469 e. The van der Waals surface area contributed by atoms with Gasteiger partial charge in [0.15, 0.2) is 23.5 Å². The number of hydrogen-bond donors (Lipinski definition) is 4. The second-order valence-electron chi connectivity index (χ2n) is 12.3. The normalized spacial score (nSPS) is 23.6. The predicted molar refractivity (Wildman–Crippen MR) is 159 cm³/mol. The van der Waals surface area contributed by atoms with E-state index in [9.17, 15) is 14.7 Å². The number of fused-ring (bicyclic) bond motifs is 4. The Hall–Kier alpha value is -4.58. The summed E-state index contributed by atoms with van der Waals surface area (Å²) in [4.78, 5) is 32.4. The molecule has 3 aliphatic rings. The third-order valence-electron chi connectivity index (χ3n) is 9.51. The predicted octanol–water partition coefficient (Wildman–Crippen LogP) is 3.83. The van der Waals surface area contributed by atoms with Crippen molar-refractivity contribution in [3.8, 4) is 17.3 Å². The highest BCUT2D eigenvalue weighted by molar-refractivity contribution is 5.92. The van der Waals surface area contributed by atoms with E-state index >= 15 is 0 Å². The van der Waals surface area contributed by atoms with Gasteiger partial charge in [-0.1, -0.05) is 58.0 Å². The monoisotopic (exact) mass is 597 g/mol. The Morgan fingerprint density at radius 1 is 1.14 bits per heavy atom. The zero-order valence-electron chi connectivity index (χ0n) is 25.0. The lowest BCUT2D eigenvalue weighted by Gasteiger charge is -2.29. The highest BCUT2D eigenvalue weighted by atomic mass is 16.5. The molecule has 12 heteroatoms. The Kier molecular flexibility index (Phi) is 6.58. The molecule has 228 valence electrons. The van der Waals surface area contributed by atoms with Gasteiger partial charge in [-0.25, -0.2) is 4.98 Å². The number of carbonyl (C=O) groups is 2. The molecular formula is C32H35N7O5. The molecule has 2 aromatic heterocycles. The van der Waals surface area contributed by atoms with Crippen LogP contribution in [0, 0.1) is 11.8 Å². The maximum Gasteiger partial charge on any atom is 0.226 e. The summed E-state index contributed by atoms with van der Waals surface area (Å²) in [5.41, 5.74) is 1.47. The van der Waals surface area contributed by atoms with Crippen molar-refractivity contribution < 1.29 is 23.8 Å². The van der Waals surface area contributed by atoms with E-state index in [0.717, 1.165) is 22.4 Å². The molecule has 1 amide bonds. The van der Waals surface area contributed by atoms with Gasteiger partial charge in [0.05, 0.1) is 0 Å². The van der Waals surface area contributed by atoms with Crippen molar-refractivity contribution >= 4 is 17.4 Å². The first kappa shape index (κ1) is 28.2. The molecule has 4 bridgehead atoms. The van der Waals surface area contributed by atoms with Crippen LogP contribution in [-0.4, -0.2) is 54.2 Å². The van der Waals surface area contributed by atoms with Gasteiger partial charge in [0.25, 0.3) is 0 Å². The van der Waals surface area contributed by atoms with Gasteiger partial charge in [-0.15, -0.1) is 10.2 Å². The van der Waals surface area contributed by atoms with E-state index in [2.05, 4.69) is 31.3 Å². The summed E-state index contributed by atoms with van der Waals surface area (Å²) in [7, 11) is 0. The van der Waals surface area contributed by atoms with Crippen LogP contribution in [-0.2, 0) is 21.4 Å². The first-order chi connectivity index (χ1) is 21.2. The van der Waals surface area contributed by atoms with Crippen LogP contribution in [0.2, 0.25) is 0 Å². The SMILES string of the molecule is CCC(O)(CC)C(=O)CC1Cc2ccc3c(c2)C2(c4ccccc4N[C@H]2O3)c2oc(nc2-c2nn[nH]n2)[C@H](C(C)C)NC1=O. The van der Waals surface area contributed by atoms with E-state index in [1.54, 1.807) is 13.8 Å². The zero-order valence-corrected chi connectivity index (χ0v) is 25.0. The van der Waals surface area contributed by atoms with Gasteiger partial charge in [0, 0.05) is 23.6 Å². The summed E-state index contributed by atoms with van der Waals surface area (Å²) in [6.45, 7) is 7.49. The van der Waals surface area contributed by atoms with Crippen molar-refractivity contribution in [2.24, 2.45) is 11.8 Å². The molecule has 4 aromatic rings. The van der Waals surface area contributed by atoms with E-state index in [4.69, 9.17) is 14.1 Å². The Morgan fingerprint density at radius 3 is 2.66 bits per heavy atom. The van der Waals surface area contributed by atoms with Crippen molar-refractivity contribution in [2.45, 2.75) is 76.7 Å². The van der Waals surface area contributed by atoms with Crippen molar-refractivity contribution in [2.75, 3.05) is 5.32 Å². The molecule has 1 spiro atoms. The van der Waals surface area contributed by atoms with Crippen LogP contribution >= 0.6 is 0 Å². The number of aromatic amines is 1. The quantitative estimate of drug-likeness (QED) is 0.246. The average Bonchev–Trinajstić information content (AvgIpc) is 3.80. The van der Waals surface area contributed by atoms with Gasteiger partial charge in [-0.3, -0.25) is 9.59 Å². The number of oxazole rings is 1. The molecule has 2 aromatic carbocycles. The summed E-state index contributed by atoms with van der Waals surface area (Å²) in [5.74, 6) is 0.168. The fraction of sp³-hybridized carbons (Fsp3) is 0.438. The number of anilines is 1. The van der Waals surface area contributed by atoms with Crippen molar-refractivity contribution in [1.82, 2.24) is 30.9 Å². The molecule has 0 radical (unpaired) electrons. The van der Waals surface area contributed by atoms with Crippen LogP contribution in [0.3, 0.4) is 0 Å². The molecule has 0 fully saturated rings. The summed E-state index contributed by atoms with van der Waals surface area (Å²) >= 11 is 0. The van der Waals surface area contributed by atoms with Crippen LogP contribution in [0.15, 0.2) is 46.9 Å². The number of nitrogens with zero attached hydrogens (tertiary/aromatic N) is 4. The van der Waals surface area contributed by atoms with Gasteiger partial charge in [0.1, 0.15) is 22.8 Å². The fourth-order valence-electron chi connectivity index (χ4n) is 6.89. The van der Waals surface area contributed by atoms with Gasteiger partial charge in [-0.05, 0) is 53.7 Å². The smallest absolute Gasteiger partial charge is 0.226 e. The third kappa shape index (κ3) is 4.07. The Bertz CT molecular complexity index is 1750. The average molecular weight is 598 g/mol. The number of aromatic nitrogens is 5. The molecule has 5 heterocycles. The molecule has 4 atom stereocenters. The fourth-order valence-corrected chi connectivity index (χ4v) is 6.89. The van der Waals surface area contributed by atoms with Gasteiger partial charge >= 0.3 is 0 Å². The van der Waals surface area contributed by atoms with Crippen LogP contribution < -0.4 is 15.4 Å². The number of hydrogen-bond acceptors (Lipinski definition) is 10. The van der Waals surface area contributed by atoms with E-state index in [-0.39, 0.29) is 48.6 Å². The maximum absolute atomic E-state index is 14.0. The summed E-state index contributed by atoms with van der Waals surface area (Å²) in [5, 5.41) is 32.5. The number of ether oxygens (including phenoxy) is 1. The zero-order chi connectivity index (χ0) is 30.8. The summed E-state index contributed by atoms with van der Waals surface area (Å²) < 4.78 is 13.3. The molecule has 3 aliphatic heterocycles. The number of H-pyrrole nitrogens is 1. The minimum atomic E-state index is -1.49. The number of rotatable bonds is 7. The molecule has 12 nitrogen and oxygen atoms in total. The molecule has 0 saturated carbocycles. The summed E-state index contributed by atoms with van der Waals surface area (Å²) in [6.07, 6.45) is 0.170. The number of para-hydroxylation sites is 1. The first-order valence-electron chi connectivity index (χ1n) is 15.2. The van der Waals surface area contributed by atoms with E-state index in [1.807, 2.05) is 56.3 Å². The van der Waals surface area contributed by atoms with E-state index in [1.165, 1.54) is 0 Å².